The standard InChI is InChI=1S/C26H29N3O4S2/c1-19(2)15-29-22(14-27-26(29)35(31,32)18-21-9-5-4-8-20(21)3)16-28(17-23-10-6-12-33-23)25(30)24-11-7-13-34-24/h4-14,19H,15-18H2,1-3H3. The summed E-state index contributed by atoms with van der Waals surface area (Å²) in [7, 11) is -3.71. The first kappa shape index (κ1) is 24.9. The van der Waals surface area contributed by atoms with Crippen molar-refractivity contribution in [1.82, 2.24) is 14.5 Å². The van der Waals surface area contributed by atoms with Crippen molar-refractivity contribution in [1.29, 1.82) is 0 Å². The number of amides is 1. The number of benzene rings is 1. The van der Waals surface area contributed by atoms with Gasteiger partial charge < -0.3 is 13.9 Å². The lowest BCUT2D eigenvalue weighted by Gasteiger charge is -2.23. The van der Waals surface area contributed by atoms with E-state index in [-0.39, 0.29) is 35.8 Å². The van der Waals surface area contributed by atoms with Gasteiger partial charge in [-0.15, -0.1) is 11.3 Å². The average molecular weight is 512 g/mol. The molecule has 35 heavy (non-hydrogen) atoms. The second-order valence-corrected chi connectivity index (χ2v) is 11.8. The Hall–Kier alpha value is -3.17. The number of sulfone groups is 1. The minimum Gasteiger partial charge on any atom is -0.467 e. The van der Waals surface area contributed by atoms with Crippen LogP contribution in [-0.4, -0.2) is 28.8 Å². The SMILES string of the molecule is Cc1ccccc1CS(=O)(=O)c1ncc(CN(Cc2ccco2)C(=O)c2cccs2)n1CC(C)C. The molecule has 1 aromatic carbocycles. The molecule has 3 aromatic heterocycles. The Morgan fingerprint density at radius 2 is 1.91 bits per heavy atom. The van der Waals surface area contributed by atoms with Crippen LogP contribution in [0.25, 0.3) is 0 Å². The quantitative estimate of drug-likeness (QED) is 0.288. The molecule has 0 saturated carbocycles. The third kappa shape index (κ3) is 5.91. The Bertz CT molecular complexity index is 1370. The molecule has 0 N–H and O–H groups in total. The maximum Gasteiger partial charge on any atom is 0.264 e. The van der Waals surface area contributed by atoms with E-state index in [2.05, 4.69) is 4.98 Å². The summed E-state index contributed by atoms with van der Waals surface area (Å²) in [5.41, 5.74) is 2.34. The van der Waals surface area contributed by atoms with E-state index >= 15 is 0 Å². The molecule has 0 aliphatic rings. The van der Waals surface area contributed by atoms with Gasteiger partial charge in [0.1, 0.15) is 5.76 Å². The number of carbonyl (C=O) groups is 1. The highest BCUT2D eigenvalue weighted by molar-refractivity contribution is 7.90. The van der Waals surface area contributed by atoms with Gasteiger partial charge in [0.25, 0.3) is 5.91 Å². The number of imidazole rings is 1. The molecule has 0 fully saturated rings. The van der Waals surface area contributed by atoms with Crippen molar-refractivity contribution in [3.8, 4) is 0 Å². The van der Waals surface area contributed by atoms with Crippen LogP contribution >= 0.6 is 11.3 Å². The molecule has 0 radical (unpaired) electrons. The lowest BCUT2D eigenvalue weighted by Crippen LogP contribution is -2.31. The van der Waals surface area contributed by atoms with Gasteiger partial charge in [-0.3, -0.25) is 4.79 Å². The molecule has 0 bridgehead atoms. The second kappa shape index (κ2) is 10.6. The number of aromatic nitrogens is 2. The van der Waals surface area contributed by atoms with E-state index in [9.17, 15) is 13.2 Å². The molecule has 0 aliphatic heterocycles. The predicted molar refractivity (Wildman–Crippen MR) is 136 cm³/mol. The van der Waals surface area contributed by atoms with Gasteiger partial charge in [-0.2, -0.15) is 0 Å². The van der Waals surface area contributed by atoms with E-state index in [0.717, 1.165) is 11.1 Å². The lowest BCUT2D eigenvalue weighted by atomic mass is 10.1. The molecule has 3 heterocycles. The summed E-state index contributed by atoms with van der Waals surface area (Å²) >= 11 is 1.37. The van der Waals surface area contributed by atoms with Gasteiger partial charge in [-0.1, -0.05) is 44.2 Å². The van der Waals surface area contributed by atoms with Crippen molar-refractivity contribution in [2.24, 2.45) is 5.92 Å². The predicted octanol–water partition coefficient (Wildman–Crippen LogP) is 5.32. The van der Waals surface area contributed by atoms with Gasteiger partial charge in [0.2, 0.25) is 15.0 Å². The fourth-order valence-electron chi connectivity index (χ4n) is 3.91. The molecule has 9 heteroatoms. The van der Waals surface area contributed by atoms with Crippen LogP contribution < -0.4 is 0 Å². The van der Waals surface area contributed by atoms with E-state index in [1.54, 1.807) is 34.1 Å². The maximum absolute atomic E-state index is 13.5. The number of aryl methyl sites for hydroxylation is 1. The Morgan fingerprint density at radius 1 is 1.11 bits per heavy atom. The number of nitrogens with zero attached hydrogens (tertiary/aromatic N) is 3. The van der Waals surface area contributed by atoms with Crippen LogP contribution in [0.5, 0.6) is 0 Å². The third-order valence-electron chi connectivity index (χ3n) is 5.63. The van der Waals surface area contributed by atoms with Gasteiger partial charge in [-0.05, 0) is 47.5 Å². The Morgan fingerprint density at radius 3 is 2.57 bits per heavy atom. The van der Waals surface area contributed by atoms with Gasteiger partial charge >= 0.3 is 0 Å². The first-order valence-electron chi connectivity index (χ1n) is 11.4. The summed E-state index contributed by atoms with van der Waals surface area (Å²) in [6.07, 6.45) is 3.15. The van der Waals surface area contributed by atoms with Gasteiger partial charge in [0, 0.05) is 6.54 Å². The Labute approximate surface area is 210 Å². The summed E-state index contributed by atoms with van der Waals surface area (Å²) in [6.45, 7) is 6.90. The highest BCUT2D eigenvalue weighted by atomic mass is 32.2. The summed E-state index contributed by atoms with van der Waals surface area (Å²) < 4.78 is 34.1. The normalized spacial score (nSPS) is 11.8. The number of rotatable bonds is 10. The zero-order valence-electron chi connectivity index (χ0n) is 20.0. The first-order valence-corrected chi connectivity index (χ1v) is 13.9. The van der Waals surface area contributed by atoms with Crippen LogP contribution in [0.15, 0.2) is 75.9 Å². The monoisotopic (exact) mass is 511 g/mol. The number of hydrogen-bond acceptors (Lipinski definition) is 6. The summed E-state index contributed by atoms with van der Waals surface area (Å²) in [5.74, 6) is 0.565. The van der Waals surface area contributed by atoms with Crippen LogP contribution in [0.1, 0.15) is 46.1 Å². The minimum absolute atomic E-state index is 0.0333. The van der Waals surface area contributed by atoms with Crippen molar-refractivity contribution < 1.29 is 17.6 Å². The molecule has 184 valence electrons. The average Bonchev–Trinajstić information content (AvgIpc) is 3.57. The molecule has 0 aliphatic carbocycles. The molecule has 1 amide bonds. The van der Waals surface area contributed by atoms with Crippen molar-refractivity contribution in [2.45, 2.75) is 51.3 Å². The molecule has 0 spiro atoms. The second-order valence-electron chi connectivity index (χ2n) is 8.94. The van der Waals surface area contributed by atoms with Crippen molar-refractivity contribution >= 4 is 27.1 Å². The molecule has 7 nitrogen and oxygen atoms in total. The van der Waals surface area contributed by atoms with Crippen LogP contribution in [-0.2, 0) is 35.2 Å². The fourth-order valence-corrected chi connectivity index (χ4v) is 6.20. The van der Waals surface area contributed by atoms with Crippen LogP contribution in [0, 0.1) is 12.8 Å². The van der Waals surface area contributed by atoms with Gasteiger partial charge in [0.15, 0.2) is 0 Å². The minimum atomic E-state index is -3.71. The van der Waals surface area contributed by atoms with Crippen LogP contribution in [0.4, 0.5) is 0 Å². The molecule has 0 atom stereocenters. The van der Waals surface area contributed by atoms with Gasteiger partial charge in [0.05, 0.1) is 41.9 Å². The number of furan rings is 1. The zero-order chi connectivity index (χ0) is 25.0. The Balaban J connectivity index is 1.69. The smallest absolute Gasteiger partial charge is 0.264 e. The van der Waals surface area contributed by atoms with Gasteiger partial charge in [-0.25, -0.2) is 13.4 Å². The topological polar surface area (TPSA) is 85.4 Å². The third-order valence-corrected chi connectivity index (χ3v) is 8.06. The molecule has 0 saturated heterocycles. The van der Waals surface area contributed by atoms with Crippen LogP contribution in [0.3, 0.4) is 0 Å². The number of thiophene rings is 1. The van der Waals surface area contributed by atoms with E-state index in [1.807, 2.05) is 62.5 Å². The van der Waals surface area contributed by atoms with Crippen molar-refractivity contribution in [3.05, 3.63) is 93.8 Å². The van der Waals surface area contributed by atoms with E-state index in [1.165, 1.54) is 11.3 Å². The van der Waals surface area contributed by atoms with Crippen LogP contribution in [0.2, 0.25) is 0 Å². The van der Waals surface area contributed by atoms with Crippen molar-refractivity contribution in [3.63, 3.8) is 0 Å². The first-order chi connectivity index (χ1) is 16.7. The molecular weight excluding hydrogens is 482 g/mol. The Kier molecular flexibility index (Phi) is 7.57. The van der Waals surface area contributed by atoms with E-state index < -0.39 is 9.84 Å². The molecule has 4 rings (SSSR count). The summed E-state index contributed by atoms with van der Waals surface area (Å²) in [5, 5.41) is 1.89. The van der Waals surface area contributed by atoms with E-state index in [4.69, 9.17) is 4.42 Å². The largest absolute Gasteiger partial charge is 0.467 e. The molecule has 4 aromatic rings. The summed E-state index contributed by atoms with van der Waals surface area (Å²) in [6, 6.07) is 14.7. The number of hydrogen-bond donors (Lipinski definition) is 0. The number of carbonyl (C=O) groups excluding carboxylic acids is 1. The highest BCUT2D eigenvalue weighted by Gasteiger charge is 2.27. The maximum atomic E-state index is 13.5. The van der Waals surface area contributed by atoms with E-state index in [0.29, 0.717) is 22.9 Å². The summed E-state index contributed by atoms with van der Waals surface area (Å²) in [4.78, 5) is 19.9. The highest BCUT2D eigenvalue weighted by Crippen LogP contribution is 2.23. The molecular formula is C26H29N3O4S2. The lowest BCUT2D eigenvalue weighted by molar-refractivity contribution is 0.0717. The van der Waals surface area contributed by atoms with Crippen molar-refractivity contribution in [2.75, 3.05) is 0 Å². The fraction of sp³-hybridized carbons (Fsp3) is 0.308. The molecule has 0 unspecified atom stereocenters. The zero-order valence-corrected chi connectivity index (χ0v) is 21.7.